The van der Waals surface area contributed by atoms with Gasteiger partial charge in [-0.25, -0.2) is 0 Å². The van der Waals surface area contributed by atoms with E-state index in [1.165, 1.54) is 31.2 Å². The van der Waals surface area contributed by atoms with Crippen LogP contribution in [0.25, 0.3) is 0 Å². The fourth-order valence-electron chi connectivity index (χ4n) is 3.58. The Morgan fingerprint density at radius 1 is 1.11 bits per heavy atom. The van der Waals surface area contributed by atoms with Gasteiger partial charge < -0.3 is 0 Å². The minimum Gasteiger partial charge on any atom is -0.0847 e. The van der Waals surface area contributed by atoms with Crippen LogP contribution >= 0.6 is 0 Å². The lowest BCUT2D eigenvalue weighted by atomic mass is 9.81. The van der Waals surface area contributed by atoms with E-state index in [1.807, 2.05) is 0 Å². The fourth-order valence-corrected chi connectivity index (χ4v) is 3.58. The van der Waals surface area contributed by atoms with Crippen molar-refractivity contribution in [1.82, 2.24) is 0 Å². The lowest BCUT2D eigenvalue weighted by Gasteiger charge is -2.24. The molecule has 0 nitrogen and oxygen atoms in total. The molecule has 0 radical (unpaired) electrons. The number of benzene rings is 1. The molecule has 3 rings (SSSR count). The zero-order chi connectivity index (χ0) is 12.4. The minimum absolute atomic E-state index is 0.807. The second-order valence-electron chi connectivity index (χ2n) is 6.04. The highest BCUT2D eigenvalue weighted by Crippen LogP contribution is 2.37. The predicted molar refractivity (Wildman–Crippen MR) is 77.4 cm³/mol. The van der Waals surface area contributed by atoms with Gasteiger partial charge in [-0.3, -0.25) is 0 Å². The van der Waals surface area contributed by atoms with Crippen LogP contribution in [0.3, 0.4) is 0 Å². The molecular formula is C18H22. The summed E-state index contributed by atoms with van der Waals surface area (Å²) in [6.45, 7) is 2.31. The Kier molecular flexibility index (Phi) is 3.36. The summed E-state index contributed by atoms with van der Waals surface area (Å²) in [6, 6.07) is 10.9. The Morgan fingerprint density at radius 3 is 2.78 bits per heavy atom. The van der Waals surface area contributed by atoms with Crippen LogP contribution in [0.15, 0.2) is 53.6 Å². The van der Waals surface area contributed by atoms with Crippen LogP contribution in [0.1, 0.15) is 38.2 Å². The first kappa shape index (κ1) is 11.8. The molecule has 2 atom stereocenters. The molecule has 0 heteroatoms. The SMILES string of the molecule is CC1=C[C@H]2CC(Cc3ccccc3)=CC[C@@H](C1)C2. The molecule has 2 aliphatic rings. The summed E-state index contributed by atoms with van der Waals surface area (Å²) in [5.41, 5.74) is 4.73. The molecule has 0 aromatic heterocycles. The van der Waals surface area contributed by atoms with Gasteiger partial charge in [0.1, 0.15) is 0 Å². The van der Waals surface area contributed by atoms with E-state index in [2.05, 4.69) is 49.4 Å². The Morgan fingerprint density at radius 2 is 1.94 bits per heavy atom. The third-order valence-corrected chi connectivity index (χ3v) is 4.31. The molecule has 0 spiro atoms. The zero-order valence-electron chi connectivity index (χ0n) is 11.2. The third kappa shape index (κ3) is 2.75. The highest BCUT2D eigenvalue weighted by molar-refractivity contribution is 5.24. The van der Waals surface area contributed by atoms with Crippen LogP contribution in [0.5, 0.6) is 0 Å². The van der Waals surface area contributed by atoms with Crippen LogP contribution in [0.4, 0.5) is 0 Å². The van der Waals surface area contributed by atoms with Crippen LogP contribution in [-0.4, -0.2) is 0 Å². The molecule has 0 saturated carbocycles. The van der Waals surface area contributed by atoms with Gasteiger partial charge in [0.15, 0.2) is 0 Å². The molecule has 0 unspecified atom stereocenters. The molecule has 0 aliphatic heterocycles. The molecule has 0 heterocycles. The van der Waals surface area contributed by atoms with Gasteiger partial charge in [-0.05, 0) is 56.4 Å². The number of fused-ring (bicyclic) bond motifs is 2. The number of hydrogen-bond acceptors (Lipinski definition) is 0. The van der Waals surface area contributed by atoms with Crippen molar-refractivity contribution in [1.29, 1.82) is 0 Å². The lowest BCUT2D eigenvalue weighted by molar-refractivity contribution is 0.400. The molecule has 1 aromatic carbocycles. The van der Waals surface area contributed by atoms with Crippen molar-refractivity contribution in [2.45, 2.75) is 39.0 Å². The summed E-state index contributed by atoms with van der Waals surface area (Å²) in [7, 11) is 0. The van der Waals surface area contributed by atoms with Gasteiger partial charge in [-0.1, -0.05) is 53.6 Å². The number of allylic oxidation sites excluding steroid dienone is 4. The van der Waals surface area contributed by atoms with E-state index in [-0.39, 0.29) is 0 Å². The molecule has 2 bridgehead atoms. The van der Waals surface area contributed by atoms with Crippen molar-refractivity contribution in [3.05, 3.63) is 59.2 Å². The van der Waals surface area contributed by atoms with Crippen LogP contribution in [0.2, 0.25) is 0 Å². The smallest absolute Gasteiger partial charge is 0.00669 e. The molecule has 0 amide bonds. The maximum Gasteiger partial charge on any atom is -0.00669 e. The summed E-state index contributed by atoms with van der Waals surface area (Å²) in [4.78, 5) is 0. The molecule has 0 saturated heterocycles. The quantitative estimate of drug-likeness (QED) is 0.641. The van der Waals surface area contributed by atoms with E-state index >= 15 is 0 Å². The molecule has 2 aliphatic carbocycles. The van der Waals surface area contributed by atoms with Gasteiger partial charge >= 0.3 is 0 Å². The van der Waals surface area contributed by atoms with Crippen LogP contribution < -0.4 is 0 Å². The first-order chi connectivity index (χ1) is 8.79. The first-order valence-corrected chi connectivity index (χ1v) is 7.19. The largest absolute Gasteiger partial charge is 0.0847 e. The van der Waals surface area contributed by atoms with E-state index < -0.39 is 0 Å². The molecule has 0 N–H and O–H groups in total. The average molecular weight is 238 g/mol. The van der Waals surface area contributed by atoms with Crippen molar-refractivity contribution in [2.75, 3.05) is 0 Å². The highest BCUT2D eigenvalue weighted by atomic mass is 14.3. The maximum absolute atomic E-state index is 2.53. The average Bonchev–Trinajstić information content (AvgIpc) is 2.49. The van der Waals surface area contributed by atoms with E-state index in [0.29, 0.717) is 0 Å². The summed E-state index contributed by atoms with van der Waals surface area (Å²) < 4.78 is 0. The van der Waals surface area contributed by atoms with Crippen LogP contribution in [0, 0.1) is 11.8 Å². The van der Waals surface area contributed by atoms with Gasteiger partial charge in [-0.15, -0.1) is 0 Å². The second-order valence-corrected chi connectivity index (χ2v) is 6.04. The third-order valence-electron chi connectivity index (χ3n) is 4.31. The Bertz CT molecular complexity index is 464. The summed E-state index contributed by atoms with van der Waals surface area (Å²) >= 11 is 0. The van der Waals surface area contributed by atoms with E-state index in [0.717, 1.165) is 18.3 Å². The monoisotopic (exact) mass is 238 g/mol. The van der Waals surface area contributed by atoms with E-state index in [1.54, 1.807) is 11.1 Å². The highest BCUT2D eigenvalue weighted by Gasteiger charge is 2.23. The van der Waals surface area contributed by atoms with Gasteiger partial charge in [-0.2, -0.15) is 0 Å². The normalized spacial score (nSPS) is 27.2. The van der Waals surface area contributed by atoms with Crippen molar-refractivity contribution < 1.29 is 0 Å². The molecular weight excluding hydrogens is 216 g/mol. The molecule has 0 fully saturated rings. The Balaban J connectivity index is 1.74. The zero-order valence-corrected chi connectivity index (χ0v) is 11.2. The first-order valence-electron chi connectivity index (χ1n) is 7.19. The number of hydrogen-bond donors (Lipinski definition) is 0. The van der Waals surface area contributed by atoms with Crippen LogP contribution in [-0.2, 0) is 6.42 Å². The lowest BCUT2D eigenvalue weighted by Crippen LogP contribution is -2.11. The fraction of sp³-hybridized carbons (Fsp3) is 0.444. The van der Waals surface area contributed by atoms with Crippen molar-refractivity contribution in [3.8, 4) is 0 Å². The minimum atomic E-state index is 0.807. The van der Waals surface area contributed by atoms with Crippen molar-refractivity contribution in [3.63, 3.8) is 0 Å². The molecule has 1 aromatic rings. The maximum atomic E-state index is 2.53. The Labute approximate surface area is 110 Å². The van der Waals surface area contributed by atoms with Crippen molar-refractivity contribution >= 4 is 0 Å². The number of rotatable bonds is 2. The van der Waals surface area contributed by atoms with Gasteiger partial charge in [0.05, 0.1) is 0 Å². The van der Waals surface area contributed by atoms with Gasteiger partial charge in [0, 0.05) is 0 Å². The topological polar surface area (TPSA) is 0 Å². The van der Waals surface area contributed by atoms with Gasteiger partial charge in [0.2, 0.25) is 0 Å². The van der Waals surface area contributed by atoms with E-state index in [4.69, 9.17) is 0 Å². The summed E-state index contributed by atoms with van der Waals surface area (Å²) in [5, 5.41) is 0. The molecule has 94 valence electrons. The Hall–Kier alpha value is -1.30. The van der Waals surface area contributed by atoms with E-state index in [9.17, 15) is 0 Å². The predicted octanol–water partition coefficient (Wildman–Crippen LogP) is 4.92. The van der Waals surface area contributed by atoms with Gasteiger partial charge in [0.25, 0.3) is 0 Å². The molecule has 18 heavy (non-hydrogen) atoms. The summed E-state index contributed by atoms with van der Waals surface area (Å²) in [6.07, 6.45) is 11.5. The standard InChI is InChI=1S/C18H22/c1-14-9-16-7-8-17(13-18(10-14)12-16)11-15-5-3-2-4-6-15/h2-6,8,10,16,18H,7,9,11-13H2,1H3/t16-,18+/m0/s1. The summed E-state index contributed by atoms with van der Waals surface area (Å²) in [5.74, 6) is 1.72. The second kappa shape index (κ2) is 5.14. The van der Waals surface area contributed by atoms with Crippen molar-refractivity contribution in [2.24, 2.45) is 11.8 Å².